The molecule has 0 saturated heterocycles. The van der Waals surface area contributed by atoms with Gasteiger partial charge in [0.25, 0.3) is 0 Å². The maximum Gasteiger partial charge on any atom is 0.407 e. The lowest BCUT2D eigenvalue weighted by atomic mass is 10.0. The second-order valence-electron chi connectivity index (χ2n) is 5.13. The third-order valence-electron chi connectivity index (χ3n) is 3.32. The first-order chi connectivity index (χ1) is 11.5. The van der Waals surface area contributed by atoms with E-state index in [-0.39, 0.29) is 23.7 Å². The fourth-order valence-electron chi connectivity index (χ4n) is 1.99. The molecule has 7 heteroatoms. The van der Waals surface area contributed by atoms with Crippen LogP contribution in [0.3, 0.4) is 0 Å². The third kappa shape index (κ3) is 5.19. The van der Waals surface area contributed by atoms with Gasteiger partial charge in [-0.3, -0.25) is 0 Å². The summed E-state index contributed by atoms with van der Waals surface area (Å²) in [6.45, 7) is -0.136. The Bertz CT molecular complexity index is 684. The lowest BCUT2D eigenvalue weighted by molar-refractivity contribution is 0.0184. The SMILES string of the molecule is O=C(NCC(O)C(O)c1ccc(F)c(Cl)c1)OCc1ccccc1. The van der Waals surface area contributed by atoms with E-state index in [1.165, 1.54) is 12.1 Å². The van der Waals surface area contributed by atoms with E-state index in [0.717, 1.165) is 11.6 Å². The molecule has 0 aliphatic carbocycles. The maximum absolute atomic E-state index is 13.1. The molecule has 1 amide bonds. The Kier molecular flexibility index (Phi) is 6.54. The number of alkyl carbamates (subject to hydrolysis) is 1. The highest BCUT2D eigenvalue weighted by atomic mass is 35.5. The van der Waals surface area contributed by atoms with E-state index in [1.807, 2.05) is 30.3 Å². The average Bonchev–Trinajstić information content (AvgIpc) is 2.60. The minimum atomic E-state index is -1.32. The van der Waals surface area contributed by atoms with Crippen molar-refractivity contribution in [2.75, 3.05) is 6.54 Å². The maximum atomic E-state index is 13.1. The Balaban J connectivity index is 1.80. The summed E-state index contributed by atoms with van der Waals surface area (Å²) in [5.41, 5.74) is 1.07. The van der Waals surface area contributed by atoms with Crippen molar-refractivity contribution in [1.82, 2.24) is 5.32 Å². The van der Waals surface area contributed by atoms with Crippen LogP contribution >= 0.6 is 11.6 Å². The molecule has 5 nitrogen and oxygen atoms in total. The first kappa shape index (κ1) is 18.2. The van der Waals surface area contributed by atoms with Crippen molar-refractivity contribution < 1.29 is 24.1 Å². The second-order valence-corrected chi connectivity index (χ2v) is 5.54. The summed E-state index contributed by atoms with van der Waals surface area (Å²) >= 11 is 5.63. The molecule has 2 aromatic rings. The average molecular weight is 354 g/mol. The first-order valence-corrected chi connectivity index (χ1v) is 7.61. The number of aliphatic hydroxyl groups is 2. The molecule has 2 aromatic carbocycles. The van der Waals surface area contributed by atoms with Gasteiger partial charge in [-0.25, -0.2) is 9.18 Å². The zero-order valence-electron chi connectivity index (χ0n) is 12.7. The number of carbonyl (C=O) groups is 1. The Morgan fingerprint density at radius 2 is 1.92 bits per heavy atom. The highest BCUT2D eigenvalue weighted by Gasteiger charge is 2.20. The highest BCUT2D eigenvalue weighted by Crippen LogP contribution is 2.22. The van der Waals surface area contributed by atoms with Gasteiger partial charge in [0, 0.05) is 6.54 Å². The van der Waals surface area contributed by atoms with Gasteiger partial charge in [0.05, 0.1) is 5.02 Å². The van der Waals surface area contributed by atoms with Crippen LogP contribution in [0.5, 0.6) is 0 Å². The van der Waals surface area contributed by atoms with Crippen molar-refractivity contribution in [3.8, 4) is 0 Å². The number of aliphatic hydroxyl groups excluding tert-OH is 2. The van der Waals surface area contributed by atoms with E-state index < -0.39 is 24.1 Å². The molecule has 2 atom stereocenters. The van der Waals surface area contributed by atoms with Gasteiger partial charge in [-0.15, -0.1) is 0 Å². The van der Waals surface area contributed by atoms with Gasteiger partial charge in [0.1, 0.15) is 24.6 Å². The molecule has 2 unspecified atom stereocenters. The number of amides is 1. The Morgan fingerprint density at radius 3 is 2.58 bits per heavy atom. The molecule has 0 bridgehead atoms. The van der Waals surface area contributed by atoms with Crippen LogP contribution in [0.4, 0.5) is 9.18 Å². The number of hydrogen-bond donors (Lipinski definition) is 3. The second kappa shape index (κ2) is 8.63. The number of carbonyl (C=O) groups excluding carboxylic acids is 1. The van der Waals surface area contributed by atoms with Gasteiger partial charge in [0.2, 0.25) is 0 Å². The smallest absolute Gasteiger partial charge is 0.407 e. The number of hydrogen-bond acceptors (Lipinski definition) is 4. The molecule has 0 aliphatic heterocycles. The Morgan fingerprint density at radius 1 is 1.21 bits per heavy atom. The van der Waals surface area contributed by atoms with Gasteiger partial charge in [-0.2, -0.15) is 0 Å². The lowest BCUT2D eigenvalue weighted by Gasteiger charge is -2.19. The predicted molar refractivity (Wildman–Crippen MR) is 87.0 cm³/mol. The molecule has 0 radical (unpaired) electrons. The molecule has 0 saturated carbocycles. The van der Waals surface area contributed by atoms with Crippen LogP contribution in [-0.4, -0.2) is 29.0 Å². The summed E-state index contributed by atoms with van der Waals surface area (Å²) in [4.78, 5) is 11.6. The molecule has 0 fully saturated rings. The van der Waals surface area contributed by atoms with Gasteiger partial charge < -0.3 is 20.3 Å². The zero-order chi connectivity index (χ0) is 17.5. The van der Waals surface area contributed by atoms with Crippen molar-refractivity contribution in [3.05, 3.63) is 70.5 Å². The number of nitrogens with one attached hydrogen (secondary N) is 1. The van der Waals surface area contributed by atoms with Crippen LogP contribution in [0, 0.1) is 5.82 Å². The van der Waals surface area contributed by atoms with Crippen LogP contribution in [0.15, 0.2) is 48.5 Å². The van der Waals surface area contributed by atoms with Crippen LogP contribution in [0.1, 0.15) is 17.2 Å². The van der Waals surface area contributed by atoms with Crippen LogP contribution in [0.2, 0.25) is 5.02 Å². The molecule has 24 heavy (non-hydrogen) atoms. The van der Waals surface area contributed by atoms with Crippen molar-refractivity contribution >= 4 is 17.7 Å². The molecule has 0 aliphatic rings. The van der Waals surface area contributed by atoms with Gasteiger partial charge in [0.15, 0.2) is 0 Å². The quantitative estimate of drug-likeness (QED) is 0.746. The van der Waals surface area contributed by atoms with Gasteiger partial charge in [-0.1, -0.05) is 48.0 Å². The summed E-state index contributed by atoms with van der Waals surface area (Å²) in [6.07, 6.45) is -3.34. The minimum Gasteiger partial charge on any atom is -0.445 e. The largest absolute Gasteiger partial charge is 0.445 e. The Hall–Kier alpha value is -2.15. The van der Waals surface area contributed by atoms with Crippen LogP contribution in [0.25, 0.3) is 0 Å². The standard InChI is InChI=1S/C17H17ClFNO4/c18-13-8-12(6-7-14(13)19)16(22)15(21)9-20-17(23)24-10-11-4-2-1-3-5-11/h1-8,15-16,21-22H,9-10H2,(H,20,23). The summed E-state index contributed by atoms with van der Waals surface area (Å²) in [7, 11) is 0. The van der Waals surface area contributed by atoms with E-state index in [2.05, 4.69) is 5.32 Å². The minimum absolute atomic E-state index is 0.0961. The number of ether oxygens (including phenoxy) is 1. The number of rotatable bonds is 6. The topological polar surface area (TPSA) is 78.8 Å². The number of halogens is 2. The molecular weight excluding hydrogens is 337 g/mol. The Labute approximate surface area is 143 Å². The van der Waals surface area contributed by atoms with Gasteiger partial charge >= 0.3 is 6.09 Å². The molecule has 2 rings (SSSR count). The van der Waals surface area contributed by atoms with Gasteiger partial charge in [-0.05, 0) is 23.3 Å². The van der Waals surface area contributed by atoms with Crippen LogP contribution < -0.4 is 5.32 Å². The molecule has 3 N–H and O–H groups in total. The van der Waals surface area contributed by atoms with Crippen molar-refractivity contribution in [1.29, 1.82) is 0 Å². The predicted octanol–water partition coefficient (Wildman–Crippen LogP) is 2.80. The number of benzene rings is 2. The van der Waals surface area contributed by atoms with Crippen LogP contribution in [-0.2, 0) is 11.3 Å². The third-order valence-corrected chi connectivity index (χ3v) is 3.61. The van der Waals surface area contributed by atoms with Crippen molar-refractivity contribution in [2.45, 2.75) is 18.8 Å². The van der Waals surface area contributed by atoms with E-state index in [1.54, 1.807) is 0 Å². The summed E-state index contributed by atoms with van der Waals surface area (Å²) in [5.74, 6) is -0.621. The molecule has 0 heterocycles. The normalized spacial score (nSPS) is 13.2. The first-order valence-electron chi connectivity index (χ1n) is 7.23. The van der Waals surface area contributed by atoms with Crippen molar-refractivity contribution in [3.63, 3.8) is 0 Å². The summed E-state index contributed by atoms with van der Waals surface area (Å²) in [6, 6.07) is 12.7. The highest BCUT2D eigenvalue weighted by molar-refractivity contribution is 6.30. The summed E-state index contributed by atoms with van der Waals surface area (Å²) < 4.78 is 18.1. The van der Waals surface area contributed by atoms with Crippen molar-refractivity contribution in [2.24, 2.45) is 0 Å². The molecule has 0 spiro atoms. The van der Waals surface area contributed by atoms with E-state index in [0.29, 0.717) is 0 Å². The fourth-order valence-corrected chi connectivity index (χ4v) is 2.18. The monoisotopic (exact) mass is 353 g/mol. The lowest BCUT2D eigenvalue weighted by Crippen LogP contribution is -2.35. The van der Waals surface area contributed by atoms with E-state index in [4.69, 9.17) is 16.3 Å². The molecule has 0 aromatic heterocycles. The van der Waals surface area contributed by atoms with E-state index >= 15 is 0 Å². The molecular formula is C17H17ClFNO4. The zero-order valence-corrected chi connectivity index (χ0v) is 13.4. The van der Waals surface area contributed by atoms with E-state index in [9.17, 15) is 19.4 Å². The summed E-state index contributed by atoms with van der Waals surface area (Å²) in [5, 5.41) is 22.1. The molecule has 128 valence electrons. The fraction of sp³-hybridized carbons (Fsp3) is 0.235.